The maximum absolute atomic E-state index is 14.3. The van der Waals surface area contributed by atoms with Crippen LogP contribution in [0.25, 0.3) is 11.1 Å². The van der Waals surface area contributed by atoms with Gasteiger partial charge in [-0.2, -0.15) is 0 Å². The van der Waals surface area contributed by atoms with Crippen LogP contribution in [0.3, 0.4) is 0 Å². The van der Waals surface area contributed by atoms with Crippen molar-refractivity contribution in [3.05, 3.63) is 74.2 Å². The Morgan fingerprint density at radius 1 is 1.04 bits per heavy atom. The summed E-state index contributed by atoms with van der Waals surface area (Å²) in [5.41, 5.74) is 14.8. The third kappa shape index (κ3) is 3.16. The number of anilines is 1. The Kier molecular flexibility index (Phi) is 4.58. The molecule has 0 fully saturated rings. The van der Waals surface area contributed by atoms with Crippen LogP contribution in [-0.2, 0) is 19.3 Å². The molecule has 2 aromatic carbocycles. The SMILES string of the molecule is Cc1cc(Cc2scc(-c3ccc4c(c3)CCCC4)c2C)c(F)cc1N. The molecule has 0 amide bonds. The molecule has 0 aliphatic heterocycles. The molecule has 4 rings (SSSR count). The summed E-state index contributed by atoms with van der Waals surface area (Å²) in [7, 11) is 0. The van der Waals surface area contributed by atoms with Gasteiger partial charge in [0, 0.05) is 17.0 Å². The zero-order chi connectivity index (χ0) is 18.3. The Balaban J connectivity index is 1.66. The van der Waals surface area contributed by atoms with Crippen molar-refractivity contribution in [2.75, 3.05) is 5.73 Å². The smallest absolute Gasteiger partial charge is 0.128 e. The first-order valence-electron chi connectivity index (χ1n) is 9.26. The number of nitrogen functional groups attached to an aromatic ring is 1. The van der Waals surface area contributed by atoms with Crippen molar-refractivity contribution in [3.63, 3.8) is 0 Å². The van der Waals surface area contributed by atoms with Crippen LogP contribution in [0.1, 0.15) is 45.5 Å². The van der Waals surface area contributed by atoms with Crippen molar-refractivity contribution in [2.24, 2.45) is 0 Å². The maximum atomic E-state index is 14.3. The van der Waals surface area contributed by atoms with E-state index in [-0.39, 0.29) is 5.82 Å². The van der Waals surface area contributed by atoms with Crippen molar-refractivity contribution in [1.29, 1.82) is 0 Å². The topological polar surface area (TPSA) is 26.0 Å². The van der Waals surface area contributed by atoms with E-state index in [9.17, 15) is 4.39 Å². The first-order valence-corrected chi connectivity index (χ1v) is 10.1. The molecule has 0 spiro atoms. The fourth-order valence-corrected chi connectivity index (χ4v) is 4.98. The molecule has 1 aromatic heterocycles. The quantitative estimate of drug-likeness (QED) is 0.548. The first-order chi connectivity index (χ1) is 12.5. The van der Waals surface area contributed by atoms with Crippen molar-refractivity contribution >= 4 is 17.0 Å². The Morgan fingerprint density at radius 3 is 2.62 bits per heavy atom. The van der Waals surface area contributed by atoms with Crippen LogP contribution >= 0.6 is 11.3 Å². The molecule has 3 aromatic rings. The van der Waals surface area contributed by atoms with E-state index in [4.69, 9.17) is 5.73 Å². The molecule has 1 aliphatic rings. The summed E-state index contributed by atoms with van der Waals surface area (Å²) in [4.78, 5) is 1.22. The second kappa shape index (κ2) is 6.88. The van der Waals surface area contributed by atoms with Gasteiger partial charge in [-0.3, -0.25) is 0 Å². The molecule has 0 atom stereocenters. The van der Waals surface area contributed by atoms with Gasteiger partial charge in [0.05, 0.1) is 0 Å². The highest BCUT2D eigenvalue weighted by Gasteiger charge is 2.15. The van der Waals surface area contributed by atoms with Gasteiger partial charge in [-0.15, -0.1) is 11.3 Å². The second-order valence-corrected chi connectivity index (χ2v) is 8.33. The highest BCUT2D eigenvalue weighted by molar-refractivity contribution is 7.10. The average Bonchev–Trinajstić information content (AvgIpc) is 3.00. The Morgan fingerprint density at radius 2 is 1.81 bits per heavy atom. The van der Waals surface area contributed by atoms with Crippen LogP contribution in [0, 0.1) is 19.7 Å². The molecule has 26 heavy (non-hydrogen) atoms. The molecule has 0 saturated carbocycles. The van der Waals surface area contributed by atoms with Crippen LogP contribution < -0.4 is 5.73 Å². The molecular formula is C23H24FNS. The molecule has 134 valence electrons. The van der Waals surface area contributed by atoms with Gasteiger partial charge in [-0.1, -0.05) is 24.3 Å². The van der Waals surface area contributed by atoms with Gasteiger partial charge in [0.25, 0.3) is 0 Å². The van der Waals surface area contributed by atoms with E-state index < -0.39 is 0 Å². The zero-order valence-corrected chi connectivity index (χ0v) is 16.2. The number of thiophene rings is 1. The predicted molar refractivity (Wildman–Crippen MR) is 109 cm³/mol. The summed E-state index contributed by atoms with van der Waals surface area (Å²) >= 11 is 1.72. The van der Waals surface area contributed by atoms with Gasteiger partial charge >= 0.3 is 0 Å². The predicted octanol–water partition coefficient (Wildman–Crippen LogP) is 6.22. The minimum Gasteiger partial charge on any atom is -0.398 e. The molecule has 1 nitrogen and oxygen atoms in total. The molecule has 0 saturated heterocycles. The summed E-state index contributed by atoms with van der Waals surface area (Å²) in [5.74, 6) is -0.212. The summed E-state index contributed by atoms with van der Waals surface area (Å²) in [6, 6.07) is 10.2. The van der Waals surface area contributed by atoms with E-state index in [1.807, 2.05) is 13.0 Å². The monoisotopic (exact) mass is 365 g/mol. The third-order valence-corrected chi connectivity index (χ3v) is 6.68. The largest absolute Gasteiger partial charge is 0.398 e. The van der Waals surface area contributed by atoms with E-state index in [0.29, 0.717) is 12.1 Å². The number of benzene rings is 2. The summed E-state index contributed by atoms with van der Waals surface area (Å²) in [6.07, 6.45) is 5.61. The van der Waals surface area contributed by atoms with Crippen molar-refractivity contribution in [2.45, 2.75) is 46.0 Å². The lowest BCUT2D eigenvalue weighted by atomic mass is 9.89. The summed E-state index contributed by atoms with van der Waals surface area (Å²) in [6.45, 7) is 4.08. The van der Waals surface area contributed by atoms with E-state index in [1.165, 1.54) is 64.4 Å². The lowest BCUT2D eigenvalue weighted by Gasteiger charge is -2.16. The van der Waals surface area contributed by atoms with Crippen LogP contribution in [0.4, 0.5) is 10.1 Å². The number of hydrogen-bond acceptors (Lipinski definition) is 2. The molecular weight excluding hydrogens is 341 g/mol. The number of nitrogens with two attached hydrogens (primary N) is 1. The van der Waals surface area contributed by atoms with Gasteiger partial charge < -0.3 is 5.73 Å². The summed E-state index contributed by atoms with van der Waals surface area (Å²) in [5, 5.41) is 2.22. The molecule has 1 heterocycles. The fourth-order valence-electron chi connectivity index (χ4n) is 3.88. The highest BCUT2D eigenvalue weighted by Crippen LogP contribution is 2.35. The number of rotatable bonds is 3. The molecule has 0 unspecified atom stereocenters. The average molecular weight is 366 g/mol. The highest BCUT2D eigenvalue weighted by atomic mass is 32.1. The standard InChI is InChI=1S/C23H24FNS/c1-14-9-19(21(24)12-22(14)25)11-23-15(2)20(13-26-23)18-8-7-16-5-3-4-6-17(16)10-18/h7-10,12-13H,3-6,11,25H2,1-2H3. The van der Waals surface area contributed by atoms with Crippen molar-refractivity contribution in [3.8, 4) is 11.1 Å². The van der Waals surface area contributed by atoms with E-state index in [1.54, 1.807) is 11.3 Å². The Hall–Kier alpha value is -2.13. The fraction of sp³-hybridized carbons (Fsp3) is 0.304. The van der Waals surface area contributed by atoms with Crippen molar-refractivity contribution < 1.29 is 4.39 Å². The zero-order valence-electron chi connectivity index (χ0n) is 15.4. The third-order valence-electron chi connectivity index (χ3n) is 5.59. The van der Waals surface area contributed by atoms with Gasteiger partial charge in [0.1, 0.15) is 5.82 Å². The Bertz CT molecular complexity index is 971. The van der Waals surface area contributed by atoms with Crippen LogP contribution in [0.5, 0.6) is 0 Å². The Labute approximate surface area is 158 Å². The minimum atomic E-state index is -0.212. The normalized spacial score (nSPS) is 13.7. The molecule has 2 N–H and O–H groups in total. The van der Waals surface area contributed by atoms with Gasteiger partial charge in [0.2, 0.25) is 0 Å². The minimum absolute atomic E-state index is 0.212. The lowest BCUT2D eigenvalue weighted by molar-refractivity contribution is 0.614. The molecule has 0 bridgehead atoms. The number of hydrogen-bond donors (Lipinski definition) is 1. The molecule has 1 aliphatic carbocycles. The van der Waals surface area contributed by atoms with E-state index in [0.717, 1.165) is 11.1 Å². The van der Waals surface area contributed by atoms with Crippen molar-refractivity contribution in [1.82, 2.24) is 0 Å². The summed E-state index contributed by atoms with van der Waals surface area (Å²) < 4.78 is 14.3. The molecule has 0 radical (unpaired) electrons. The number of aryl methyl sites for hydroxylation is 3. The van der Waals surface area contributed by atoms with Crippen LogP contribution in [0.15, 0.2) is 35.7 Å². The van der Waals surface area contributed by atoms with E-state index in [2.05, 4.69) is 30.5 Å². The lowest BCUT2D eigenvalue weighted by Crippen LogP contribution is -2.02. The van der Waals surface area contributed by atoms with Crippen LogP contribution in [0.2, 0.25) is 0 Å². The number of fused-ring (bicyclic) bond motifs is 1. The first kappa shape index (κ1) is 17.3. The molecule has 3 heteroatoms. The second-order valence-electron chi connectivity index (χ2n) is 7.37. The van der Waals surface area contributed by atoms with Gasteiger partial charge in [-0.05, 0) is 89.9 Å². The van der Waals surface area contributed by atoms with Gasteiger partial charge in [-0.25, -0.2) is 4.39 Å². The number of halogens is 1. The van der Waals surface area contributed by atoms with Crippen LogP contribution in [-0.4, -0.2) is 0 Å². The maximum Gasteiger partial charge on any atom is 0.128 e. The van der Waals surface area contributed by atoms with Gasteiger partial charge in [0.15, 0.2) is 0 Å². The van der Waals surface area contributed by atoms with E-state index >= 15 is 0 Å².